The zero-order chi connectivity index (χ0) is 20.6. The van der Waals surface area contributed by atoms with Crippen LogP contribution in [-0.2, 0) is 20.7 Å². The summed E-state index contributed by atoms with van der Waals surface area (Å²) in [7, 11) is 0. The highest BCUT2D eigenvalue weighted by Gasteiger charge is 2.50. The summed E-state index contributed by atoms with van der Waals surface area (Å²) < 4.78 is 0. The van der Waals surface area contributed by atoms with Crippen LogP contribution in [0.2, 0.25) is 0 Å². The van der Waals surface area contributed by atoms with Gasteiger partial charge >= 0.3 is 6.03 Å². The highest BCUT2D eigenvalue weighted by molar-refractivity contribution is 6.09. The number of hydrogen-bond acceptors (Lipinski definition) is 3. The molecular formula is C23H25N3O3. The lowest BCUT2D eigenvalue weighted by molar-refractivity contribution is -0.135. The number of imide groups is 1. The molecule has 1 aliphatic heterocycles. The molecule has 6 nitrogen and oxygen atoms in total. The average Bonchev–Trinajstić information content (AvgIpc) is 2.90. The van der Waals surface area contributed by atoms with Crippen LogP contribution in [0.15, 0.2) is 54.6 Å². The normalized spacial score (nSPS) is 22.8. The Morgan fingerprint density at radius 1 is 1.03 bits per heavy atom. The number of benzene rings is 2. The van der Waals surface area contributed by atoms with Gasteiger partial charge in [0.1, 0.15) is 12.1 Å². The zero-order valence-electron chi connectivity index (χ0n) is 16.7. The van der Waals surface area contributed by atoms with Gasteiger partial charge < -0.3 is 10.6 Å². The molecule has 1 unspecified atom stereocenters. The second kappa shape index (κ2) is 7.03. The van der Waals surface area contributed by atoms with E-state index in [-0.39, 0.29) is 12.5 Å². The minimum absolute atomic E-state index is 0.291. The van der Waals surface area contributed by atoms with Gasteiger partial charge in [0.15, 0.2) is 0 Å². The van der Waals surface area contributed by atoms with Crippen molar-refractivity contribution in [3.63, 3.8) is 0 Å². The van der Waals surface area contributed by atoms with Crippen LogP contribution in [-0.4, -0.2) is 29.3 Å². The van der Waals surface area contributed by atoms with E-state index in [0.717, 1.165) is 35.3 Å². The van der Waals surface area contributed by atoms with Crippen LogP contribution in [0.4, 0.5) is 4.79 Å². The van der Waals surface area contributed by atoms with Gasteiger partial charge in [-0.15, -0.1) is 0 Å². The maximum atomic E-state index is 13.0. The highest BCUT2D eigenvalue weighted by Crippen LogP contribution is 2.41. The number of carbonyl (C=O) groups is 3. The first-order chi connectivity index (χ1) is 13.8. The molecule has 1 aliphatic carbocycles. The first-order valence-corrected chi connectivity index (χ1v) is 9.92. The molecule has 1 saturated heterocycles. The van der Waals surface area contributed by atoms with Crippen molar-refractivity contribution in [1.29, 1.82) is 0 Å². The van der Waals surface area contributed by atoms with Crippen LogP contribution in [0.3, 0.4) is 0 Å². The molecular weight excluding hydrogens is 366 g/mol. The molecule has 0 radical (unpaired) electrons. The Labute approximate surface area is 170 Å². The third kappa shape index (κ3) is 3.28. The molecule has 29 heavy (non-hydrogen) atoms. The zero-order valence-corrected chi connectivity index (χ0v) is 16.7. The molecule has 2 aromatic rings. The minimum Gasteiger partial charge on any atom is -0.345 e. The molecule has 2 aromatic carbocycles. The number of hydrogen-bond donors (Lipinski definition) is 2. The van der Waals surface area contributed by atoms with Crippen molar-refractivity contribution < 1.29 is 14.4 Å². The van der Waals surface area contributed by atoms with E-state index in [4.69, 9.17) is 0 Å². The van der Waals surface area contributed by atoms with Crippen molar-refractivity contribution in [2.45, 2.75) is 44.2 Å². The van der Waals surface area contributed by atoms with Gasteiger partial charge in [0.25, 0.3) is 5.91 Å². The smallest absolute Gasteiger partial charge is 0.325 e. The van der Waals surface area contributed by atoms with Gasteiger partial charge in [-0.05, 0) is 44.2 Å². The number of carbonyl (C=O) groups excluding carboxylic acids is 3. The molecule has 4 amide bonds. The summed E-state index contributed by atoms with van der Waals surface area (Å²) in [5.41, 5.74) is 1.25. The summed E-state index contributed by atoms with van der Waals surface area (Å²) in [6, 6.07) is 16.8. The summed E-state index contributed by atoms with van der Waals surface area (Å²) in [4.78, 5) is 39.3. The Kier molecular flexibility index (Phi) is 4.65. The molecule has 0 bridgehead atoms. The predicted octanol–water partition coefficient (Wildman–Crippen LogP) is 2.96. The van der Waals surface area contributed by atoms with E-state index in [1.807, 2.05) is 61.5 Å². The van der Waals surface area contributed by atoms with E-state index >= 15 is 0 Å². The molecule has 6 heteroatoms. The fourth-order valence-corrected chi connectivity index (χ4v) is 4.15. The maximum absolute atomic E-state index is 13.0. The Morgan fingerprint density at radius 3 is 2.28 bits per heavy atom. The molecule has 150 valence electrons. The molecule has 4 rings (SSSR count). The van der Waals surface area contributed by atoms with Crippen molar-refractivity contribution in [3.8, 4) is 0 Å². The van der Waals surface area contributed by atoms with Crippen LogP contribution < -0.4 is 10.6 Å². The number of amides is 4. The van der Waals surface area contributed by atoms with Crippen molar-refractivity contribution in [2.75, 3.05) is 6.54 Å². The van der Waals surface area contributed by atoms with E-state index in [0.29, 0.717) is 5.56 Å². The summed E-state index contributed by atoms with van der Waals surface area (Å²) in [5, 5.41) is 5.83. The largest absolute Gasteiger partial charge is 0.345 e. The van der Waals surface area contributed by atoms with E-state index < -0.39 is 23.0 Å². The summed E-state index contributed by atoms with van der Waals surface area (Å²) >= 11 is 0. The van der Waals surface area contributed by atoms with E-state index in [1.54, 1.807) is 6.92 Å². The Balaban J connectivity index is 1.49. The minimum atomic E-state index is -1.17. The van der Waals surface area contributed by atoms with Crippen molar-refractivity contribution >= 4 is 17.8 Å². The lowest BCUT2D eigenvalue weighted by Gasteiger charge is -2.43. The van der Waals surface area contributed by atoms with Crippen molar-refractivity contribution in [3.05, 3.63) is 71.3 Å². The van der Waals surface area contributed by atoms with Crippen LogP contribution in [0, 0.1) is 6.92 Å². The van der Waals surface area contributed by atoms with Crippen LogP contribution in [0.1, 0.15) is 42.9 Å². The van der Waals surface area contributed by atoms with Gasteiger partial charge in [-0.1, -0.05) is 60.2 Å². The number of nitrogens with one attached hydrogen (secondary N) is 2. The van der Waals surface area contributed by atoms with Crippen LogP contribution in [0.5, 0.6) is 0 Å². The summed E-state index contributed by atoms with van der Waals surface area (Å²) in [5.74, 6) is -0.742. The second-order valence-corrected chi connectivity index (χ2v) is 8.16. The first kappa shape index (κ1) is 19.2. The number of aryl methyl sites for hydroxylation is 1. The standard InChI is InChI=1S/C23H25N3O3/c1-16-9-11-17(12-10-16)22(2)20(28)26(21(29)25-22)15-19(27)24-23(13-6-14-23)18-7-4-3-5-8-18/h3-5,7-12H,6,13-15H2,1-2H3,(H,24,27)(H,25,29). The molecule has 1 atom stereocenters. The molecule has 2 N–H and O–H groups in total. The number of nitrogens with zero attached hydrogens (tertiary/aromatic N) is 1. The van der Waals surface area contributed by atoms with Gasteiger partial charge in [0.05, 0.1) is 5.54 Å². The lowest BCUT2D eigenvalue weighted by Crippen LogP contribution is -2.54. The summed E-state index contributed by atoms with van der Waals surface area (Å²) in [6.07, 6.45) is 2.73. The Hall–Kier alpha value is -3.15. The quantitative estimate of drug-likeness (QED) is 0.769. The fraction of sp³-hybridized carbons (Fsp3) is 0.348. The van der Waals surface area contributed by atoms with E-state index in [2.05, 4.69) is 10.6 Å². The number of urea groups is 1. The molecule has 1 saturated carbocycles. The summed E-state index contributed by atoms with van der Waals surface area (Å²) in [6.45, 7) is 3.34. The van der Waals surface area contributed by atoms with Gasteiger partial charge in [-0.3, -0.25) is 14.5 Å². The topological polar surface area (TPSA) is 78.5 Å². The van der Waals surface area contributed by atoms with Gasteiger partial charge in [-0.2, -0.15) is 0 Å². The second-order valence-electron chi connectivity index (χ2n) is 8.16. The Morgan fingerprint density at radius 2 is 1.69 bits per heavy atom. The fourth-order valence-electron chi connectivity index (χ4n) is 4.15. The molecule has 2 aliphatic rings. The van der Waals surface area contributed by atoms with E-state index in [9.17, 15) is 14.4 Å². The number of rotatable bonds is 5. The predicted molar refractivity (Wildman–Crippen MR) is 109 cm³/mol. The maximum Gasteiger partial charge on any atom is 0.325 e. The molecule has 0 spiro atoms. The van der Waals surface area contributed by atoms with Gasteiger partial charge in [-0.25, -0.2) is 4.79 Å². The van der Waals surface area contributed by atoms with Crippen LogP contribution >= 0.6 is 0 Å². The van der Waals surface area contributed by atoms with E-state index in [1.165, 1.54) is 0 Å². The lowest BCUT2D eigenvalue weighted by atomic mass is 9.72. The van der Waals surface area contributed by atoms with Gasteiger partial charge in [0, 0.05) is 0 Å². The molecule has 2 fully saturated rings. The first-order valence-electron chi connectivity index (χ1n) is 9.92. The third-order valence-corrected chi connectivity index (χ3v) is 6.12. The molecule has 0 aromatic heterocycles. The molecule has 1 heterocycles. The van der Waals surface area contributed by atoms with Crippen LogP contribution in [0.25, 0.3) is 0 Å². The van der Waals surface area contributed by atoms with Crippen molar-refractivity contribution in [1.82, 2.24) is 15.5 Å². The van der Waals surface area contributed by atoms with Crippen molar-refractivity contribution in [2.24, 2.45) is 0 Å². The van der Waals surface area contributed by atoms with Gasteiger partial charge in [0.2, 0.25) is 5.91 Å². The monoisotopic (exact) mass is 391 g/mol. The SMILES string of the molecule is Cc1ccc(C2(C)NC(=O)N(CC(=O)NC3(c4ccccc4)CCC3)C2=O)cc1. The highest BCUT2D eigenvalue weighted by atomic mass is 16.2. The Bertz CT molecular complexity index is 951. The average molecular weight is 391 g/mol. The third-order valence-electron chi connectivity index (χ3n) is 6.12.